The fraction of sp³-hybridized carbons (Fsp3) is 0.417. The van der Waals surface area contributed by atoms with Crippen molar-refractivity contribution in [3.63, 3.8) is 0 Å². The fourth-order valence-corrected chi connectivity index (χ4v) is 1.34. The van der Waals surface area contributed by atoms with Gasteiger partial charge in [-0.2, -0.15) is 8.78 Å². The first-order chi connectivity index (χ1) is 8.63. The lowest BCUT2D eigenvalue weighted by Crippen LogP contribution is -2.28. The Bertz CT molecular complexity index is 386. The number of hydrogen-bond acceptors (Lipinski definition) is 3. The number of amides is 1. The molecule has 1 aromatic carbocycles. The van der Waals surface area contributed by atoms with Gasteiger partial charge in [0.25, 0.3) is 0 Å². The summed E-state index contributed by atoms with van der Waals surface area (Å²) in [6.45, 7) is -0.0721. The van der Waals surface area contributed by atoms with Crippen LogP contribution in [0.5, 0.6) is 5.75 Å². The number of hydrogen-bond donors (Lipinski definition) is 2. The minimum Gasteiger partial charge on any atom is -0.433 e. The Labute approximate surface area is 104 Å². The van der Waals surface area contributed by atoms with Gasteiger partial charge in [0, 0.05) is 0 Å². The molecule has 1 amide bonds. The van der Waals surface area contributed by atoms with Gasteiger partial charge in [0.15, 0.2) is 0 Å². The molecular formula is C12H16F2N2O2. The van der Waals surface area contributed by atoms with Crippen LogP contribution in [0.4, 0.5) is 14.5 Å². The molecule has 0 atom stereocenters. The standard InChI is InChI=1S/C12H16F2N2O2/c1-2-7-15-8-11(17)16-9-5-3-4-6-10(9)18-12(13)14/h3-6,12,15H,2,7-8H2,1H3,(H,16,17). The van der Waals surface area contributed by atoms with Crippen LogP contribution < -0.4 is 15.4 Å². The topological polar surface area (TPSA) is 50.4 Å². The van der Waals surface area contributed by atoms with Gasteiger partial charge in [-0.3, -0.25) is 4.79 Å². The zero-order valence-corrected chi connectivity index (χ0v) is 10.1. The molecule has 4 nitrogen and oxygen atoms in total. The van der Waals surface area contributed by atoms with E-state index in [4.69, 9.17) is 0 Å². The van der Waals surface area contributed by atoms with E-state index in [0.717, 1.165) is 13.0 Å². The van der Waals surface area contributed by atoms with Crippen molar-refractivity contribution in [1.82, 2.24) is 5.32 Å². The van der Waals surface area contributed by atoms with Gasteiger partial charge < -0.3 is 15.4 Å². The predicted molar refractivity (Wildman–Crippen MR) is 64.9 cm³/mol. The Morgan fingerprint density at radius 2 is 2.11 bits per heavy atom. The minimum absolute atomic E-state index is 0.0451. The monoisotopic (exact) mass is 258 g/mol. The van der Waals surface area contributed by atoms with E-state index in [-0.39, 0.29) is 23.9 Å². The number of rotatable bonds is 7. The van der Waals surface area contributed by atoms with E-state index in [0.29, 0.717) is 0 Å². The average Bonchev–Trinajstić information content (AvgIpc) is 2.31. The molecule has 0 saturated carbocycles. The second kappa shape index (κ2) is 7.60. The maximum Gasteiger partial charge on any atom is 0.387 e. The molecule has 1 aromatic rings. The van der Waals surface area contributed by atoms with Gasteiger partial charge >= 0.3 is 6.61 Å². The van der Waals surface area contributed by atoms with Crippen molar-refractivity contribution < 1.29 is 18.3 Å². The summed E-state index contributed by atoms with van der Waals surface area (Å²) in [7, 11) is 0. The Kier molecular flexibility index (Phi) is 6.07. The normalized spacial score (nSPS) is 10.4. The quantitative estimate of drug-likeness (QED) is 0.737. The molecular weight excluding hydrogens is 242 g/mol. The third-order valence-electron chi connectivity index (χ3n) is 2.09. The zero-order valence-electron chi connectivity index (χ0n) is 10.1. The molecule has 0 saturated heterocycles. The number of para-hydroxylation sites is 2. The predicted octanol–water partition coefficient (Wildman–Crippen LogP) is 2.23. The smallest absolute Gasteiger partial charge is 0.387 e. The molecule has 0 fully saturated rings. The summed E-state index contributed by atoms with van der Waals surface area (Å²) in [5, 5.41) is 5.43. The number of anilines is 1. The number of alkyl halides is 2. The molecule has 1 rings (SSSR count). The van der Waals surface area contributed by atoms with Crippen LogP contribution in [-0.2, 0) is 4.79 Å². The number of halogens is 2. The number of carbonyl (C=O) groups excluding carboxylic acids is 1. The van der Waals surface area contributed by atoms with Crippen LogP contribution in [0.1, 0.15) is 13.3 Å². The molecule has 0 radical (unpaired) electrons. The fourth-order valence-electron chi connectivity index (χ4n) is 1.34. The van der Waals surface area contributed by atoms with E-state index in [1.807, 2.05) is 6.92 Å². The molecule has 6 heteroatoms. The highest BCUT2D eigenvalue weighted by Crippen LogP contribution is 2.25. The molecule has 0 aromatic heterocycles. The van der Waals surface area contributed by atoms with Crippen LogP contribution in [0.25, 0.3) is 0 Å². The summed E-state index contributed by atoms with van der Waals surface area (Å²) < 4.78 is 28.6. The van der Waals surface area contributed by atoms with Gasteiger partial charge in [0.2, 0.25) is 5.91 Å². The first-order valence-corrected chi connectivity index (χ1v) is 5.68. The highest BCUT2D eigenvalue weighted by atomic mass is 19.3. The van der Waals surface area contributed by atoms with Gasteiger partial charge in [0.1, 0.15) is 5.75 Å². The minimum atomic E-state index is -2.92. The van der Waals surface area contributed by atoms with E-state index in [9.17, 15) is 13.6 Å². The highest BCUT2D eigenvalue weighted by molar-refractivity contribution is 5.93. The Balaban J connectivity index is 2.57. The molecule has 0 aliphatic heterocycles. The molecule has 0 aliphatic rings. The first-order valence-electron chi connectivity index (χ1n) is 5.68. The summed E-state index contributed by atoms with van der Waals surface area (Å²) in [6, 6.07) is 6.08. The van der Waals surface area contributed by atoms with E-state index >= 15 is 0 Å². The molecule has 0 unspecified atom stereocenters. The molecule has 100 valence electrons. The van der Waals surface area contributed by atoms with E-state index < -0.39 is 6.61 Å². The van der Waals surface area contributed by atoms with Crippen molar-refractivity contribution in [2.75, 3.05) is 18.4 Å². The van der Waals surface area contributed by atoms with Gasteiger partial charge in [-0.1, -0.05) is 19.1 Å². The Morgan fingerprint density at radius 1 is 1.39 bits per heavy atom. The van der Waals surface area contributed by atoms with Gasteiger partial charge in [0.05, 0.1) is 12.2 Å². The molecule has 0 aliphatic carbocycles. The van der Waals surface area contributed by atoms with Gasteiger partial charge in [-0.05, 0) is 25.1 Å². The lowest BCUT2D eigenvalue weighted by atomic mass is 10.3. The average molecular weight is 258 g/mol. The van der Waals surface area contributed by atoms with Crippen LogP contribution in [0, 0.1) is 0 Å². The van der Waals surface area contributed by atoms with Gasteiger partial charge in [-0.15, -0.1) is 0 Å². The van der Waals surface area contributed by atoms with Crippen LogP contribution in [0.3, 0.4) is 0 Å². The Morgan fingerprint density at radius 3 is 2.78 bits per heavy atom. The third-order valence-corrected chi connectivity index (χ3v) is 2.09. The number of nitrogens with one attached hydrogen (secondary N) is 2. The SMILES string of the molecule is CCCNCC(=O)Nc1ccccc1OC(F)F. The van der Waals surface area contributed by atoms with Crippen molar-refractivity contribution in [2.45, 2.75) is 20.0 Å². The first kappa shape index (κ1) is 14.4. The maximum atomic E-state index is 12.1. The zero-order chi connectivity index (χ0) is 13.4. The van der Waals surface area contributed by atoms with E-state index in [1.165, 1.54) is 12.1 Å². The van der Waals surface area contributed by atoms with Crippen molar-refractivity contribution >= 4 is 11.6 Å². The number of carbonyl (C=O) groups is 1. The summed E-state index contributed by atoms with van der Waals surface area (Å²) in [4.78, 5) is 11.5. The molecule has 0 spiro atoms. The summed E-state index contributed by atoms with van der Waals surface area (Å²) in [5.41, 5.74) is 0.237. The van der Waals surface area contributed by atoms with Crippen LogP contribution in [0.15, 0.2) is 24.3 Å². The highest BCUT2D eigenvalue weighted by Gasteiger charge is 2.10. The number of benzene rings is 1. The van der Waals surface area contributed by atoms with Crippen LogP contribution >= 0.6 is 0 Å². The van der Waals surface area contributed by atoms with E-state index in [1.54, 1.807) is 12.1 Å². The van der Waals surface area contributed by atoms with Crippen molar-refractivity contribution in [2.24, 2.45) is 0 Å². The molecule has 18 heavy (non-hydrogen) atoms. The van der Waals surface area contributed by atoms with Crippen molar-refractivity contribution in [1.29, 1.82) is 0 Å². The largest absolute Gasteiger partial charge is 0.433 e. The van der Waals surface area contributed by atoms with Crippen molar-refractivity contribution in [3.8, 4) is 5.75 Å². The third kappa shape index (κ3) is 5.09. The molecule has 2 N–H and O–H groups in total. The van der Waals surface area contributed by atoms with Gasteiger partial charge in [-0.25, -0.2) is 0 Å². The summed E-state index contributed by atoms with van der Waals surface area (Å²) in [5.74, 6) is -0.342. The molecule has 0 bridgehead atoms. The summed E-state index contributed by atoms with van der Waals surface area (Å²) in [6.07, 6.45) is 0.915. The van der Waals surface area contributed by atoms with E-state index in [2.05, 4.69) is 15.4 Å². The lowest BCUT2D eigenvalue weighted by molar-refractivity contribution is -0.115. The van der Waals surface area contributed by atoms with Crippen molar-refractivity contribution in [3.05, 3.63) is 24.3 Å². The maximum absolute atomic E-state index is 12.1. The van der Waals surface area contributed by atoms with Crippen LogP contribution in [0.2, 0.25) is 0 Å². The van der Waals surface area contributed by atoms with Crippen LogP contribution in [-0.4, -0.2) is 25.6 Å². The summed E-state index contributed by atoms with van der Waals surface area (Å²) >= 11 is 0. The number of ether oxygens (including phenoxy) is 1. The molecule has 0 heterocycles. The Hall–Kier alpha value is -1.69. The second-order valence-corrected chi connectivity index (χ2v) is 3.60. The lowest BCUT2D eigenvalue weighted by Gasteiger charge is -2.11. The second-order valence-electron chi connectivity index (χ2n) is 3.60.